The van der Waals surface area contributed by atoms with Crippen molar-refractivity contribution < 1.29 is 5.11 Å². The lowest BCUT2D eigenvalue weighted by Crippen LogP contribution is -1.90. The van der Waals surface area contributed by atoms with Gasteiger partial charge in [0.25, 0.3) is 0 Å². The molecular formula is C24H18O. The van der Waals surface area contributed by atoms with Crippen LogP contribution in [0.25, 0.3) is 33.4 Å². The van der Waals surface area contributed by atoms with Crippen LogP contribution in [0.5, 0.6) is 5.75 Å². The van der Waals surface area contributed by atoms with Gasteiger partial charge in [-0.2, -0.15) is 0 Å². The first-order valence-corrected chi connectivity index (χ1v) is 8.36. The number of phenols is 1. The van der Waals surface area contributed by atoms with Crippen molar-refractivity contribution in [2.45, 2.75) is 0 Å². The monoisotopic (exact) mass is 322 g/mol. The lowest BCUT2D eigenvalue weighted by atomic mass is 9.88. The highest BCUT2D eigenvalue weighted by Crippen LogP contribution is 2.40. The predicted molar refractivity (Wildman–Crippen MR) is 104 cm³/mol. The highest BCUT2D eigenvalue weighted by molar-refractivity contribution is 5.94. The lowest BCUT2D eigenvalue weighted by molar-refractivity contribution is 0.475. The van der Waals surface area contributed by atoms with E-state index in [2.05, 4.69) is 66.7 Å². The van der Waals surface area contributed by atoms with Gasteiger partial charge >= 0.3 is 0 Å². The summed E-state index contributed by atoms with van der Waals surface area (Å²) in [5, 5.41) is 9.62. The largest absolute Gasteiger partial charge is 0.508 e. The molecule has 0 radical (unpaired) electrons. The van der Waals surface area contributed by atoms with Gasteiger partial charge in [0, 0.05) is 0 Å². The van der Waals surface area contributed by atoms with Crippen molar-refractivity contribution in [2.75, 3.05) is 0 Å². The molecule has 4 aromatic carbocycles. The first-order valence-electron chi connectivity index (χ1n) is 8.36. The number of rotatable bonds is 3. The molecule has 4 aromatic rings. The van der Waals surface area contributed by atoms with E-state index in [0.29, 0.717) is 0 Å². The van der Waals surface area contributed by atoms with Crippen LogP contribution >= 0.6 is 0 Å². The van der Waals surface area contributed by atoms with Crippen molar-refractivity contribution >= 4 is 0 Å². The van der Waals surface area contributed by atoms with Crippen LogP contribution in [-0.2, 0) is 0 Å². The summed E-state index contributed by atoms with van der Waals surface area (Å²) in [4.78, 5) is 0. The second-order valence-corrected chi connectivity index (χ2v) is 6.01. The molecule has 0 bridgehead atoms. The van der Waals surface area contributed by atoms with E-state index in [1.165, 1.54) is 22.3 Å². The Morgan fingerprint density at radius 3 is 1.44 bits per heavy atom. The summed E-state index contributed by atoms with van der Waals surface area (Å²) in [7, 11) is 0. The fourth-order valence-corrected chi connectivity index (χ4v) is 3.21. The third-order valence-corrected chi connectivity index (χ3v) is 4.39. The van der Waals surface area contributed by atoms with Gasteiger partial charge < -0.3 is 5.11 Å². The molecule has 0 aromatic heterocycles. The first kappa shape index (κ1) is 15.2. The number of phenolic OH excluding ortho intramolecular Hbond substituents is 1. The van der Waals surface area contributed by atoms with E-state index in [9.17, 15) is 5.11 Å². The van der Waals surface area contributed by atoms with Crippen molar-refractivity contribution in [3.8, 4) is 39.1 Å². The molecule has 0 amide bonds. The van der Waals surface area contributed by atoms with Crippen LogP contribution in [0, 0.1) is 0 Å². The molecule has 0 saturated carbocycles. The van der Waals surface area contributed by atoms with Gasteiger partial charge in [-0.1, -0.05) is 91.0 Å². The highest BCUT2D eigenvalue weighted by atomic mass is 16.3. The Balaban J connectivity index is 2.00. The standard InChI is InChI=1S/C24H18O/c25-21-16-14-19(15-17-21)23-13-7-12-22(18-8-3-1-4-9-18)24(23)20-10-5-2-6-11-20/h1-17,25H. The van der Waals surface area contributed by atoms with Gasteiger partial charge in [0.1, 0.15) is 5.75 Å². The average molecular weight is 322 g/mol. The van der Waals surface area contributed by atoms with Crippen molar-refractivity contribution in [1.29, 1.82) is 0 Å². The summed E-state index contributed by atoms with van der Waals surface area (Å²) in [6.45, 7) is 0. The average Bonchev–Trinajstić information content (AvgIpc) is 2.69. The Morgan fingerprint density at radius 1 is 0.400 bits per heavy atom. The van der Waals surface area contributed by atoms with Crippen LogP contribution in [0.2, 0.25) is 0 Å². The zero-order valence-electron chi connectivity index (χ0n) is 13.8. The van der Waals surface area contributed by atoms with Crippen molar-refractivity contribution in [3.05, 3.63) is 103 Å². The molecule has 0 aliphatic carbocycles. The molecule has 1 heteroatoms. The Labute approximate surface area is 147 Å². The number of hydrogen-bond donors (Lipinski definition) is 1. The Bertz CT molecular complexity index is 971. The van der Waals surface area contributed by atoms with Crippen LogP contribution < -0.4 is 0 Å². The molecule has 1 N–H and O–H groups in total. The molecule has 0 aliphatic rings. The zero-order valence-corrected chi connectivity index (χ0v) is 13.8. The van der Waals surface area contributed by atoms with E-state index in [0.717, 1.165) is 11.1 Å². The molecule has 0 unspecified atom stereocenters. The van der Waals surface area contributed by atoms with E-state index < -0.39 is 0 Å². The molecule has 0 fully saturated rings. The molecule has 1 nitrogen and oxygen atoms in total. The van der Waals surface area contributed by atoms with E-state index >= 15 is 0 Å². The Morgan fingerprint density at radius 2 is 0.880 bits per heavy atom. The van der Waals surface area contributed by atoms with Gasteiger partial charge in [0.05, 0.1) is 0 Å². The number of hydrogen-bond acceptors (Lipinski definition) is 1. The normalized spacial score (nSPS) is 10.6. The second kappa shape index (κ2) is 6.66. The third kappa shape index (κ3) is 3.05. The number of benzene rings is 4. The molecule has 0 spiro atoms. The summed E-state index contributed by atoms with van der Waals surface area (Å²) in [5.41, 5.74) is 7.05. The van der Waals surface area contributed by atoms with Crippen LogP contribution in [-0.4, -0.2) is 5.11 Å². The maximum atomic E-state index is 9.62. The van der Waals surface area contributed by atoms with E-state index in [1.807, 2.05) is 24.3 Å². The van der Waals surface area contributed by atoms with Gasteiger partial charge in [0.15, 0.2) is 0 Å². The number of aromatic hydroxyl groups is 1. The summed E-state index contributed by atoms with van der Waals surface area (Å²) < 4.78 is 0. The molecule has 0 heterocycles. The smallest absolute Gasteiger partial charge is 0.115 e. The van der Waals surface area contributed by atoms with Crippen LogP contribution in [0.15, 0.2) is 103 Å². The van der Waals surface area contributed by atoms with Gasteiger partial charge in [-0.15, -0.1) is 0 Å². The summed E-state index contributed by atoms with van der Waals surface area (Å²) in [6, 6.07) is 34.7. The second-order valence-electron chi connectivity index (χ2n) is 6.01. The minimum absolute atomic E-state index is 0.282. The fourth-order valence-electron chi connectivity index (χ4n) is 3.21. The summed E-state index contributed by atoms with van der Waals surface area (Å²) in [6.07, 6.45) is 0. The van der Waals surface area contributed by atoms with Crippen LogP contribution in [0.3, 0.4) is 0 Å². The highest BCUT2D eigenvalue weighted by Gasteiger charge is 2.13. The quantitative estimate of drug-likeness (QED) is 0.463. The Kier molecular flexibility index (Phi) is 4.05. The summed E-state index contributed by atoms with van der Waals surface area (Å²) in [5.74, 6) is 0.282. The van der Waals surface area contributed by atoms with Crippen molar-refractivity contribution in [1.82, 2.24) is 0 Å². The molecule has 4 rings (SSSR count). The molecular weight excluding hydrogens is 304 g/mol. The Hall–Kier alpha value is -3.32. The minimum Gasteiger partial charge on any atom is -0.508 e. The van der Waals surface area contributed by atoms with Crippen LogP contribution in [0.1, 0.15) is 0 Å². The zero-order chi connectivity index (χ0) is 17.1. The van der Waals surface area contributed by atoms with Gasteiger partial charge in [-0.3, -0.25) is 0 Å². The fraction of sp³-hybridized carbons (Fsp3) is 0. The molecule has 0 atom stereocenters. The topological polar surface area (TPSA) is 20.2 Å². The maximum absolute atomic E-state index is 9.62. The molecule has 0 aliphatic heterocycles. The lowest BCUT2D eigenvalue weighted by Gasteiger charge is -2.16. The van der Waals surface area contributed by atoms with Crippen molar-refractivity contribution in [2.24, 2.45) is 0 Å². The van der Waals surface area contributed by atoms with Gasteiger partial charge in [-0.25, -0.2) is 0 Å². The molecule has 25 heavy (non-hydrogen) atoms. The summed E-state index contributed by atoms with van der Waals surface area (Å²) >= 11 is 0. The van der Waals surface area contributed by atoms with E-state index in [1.54, 1.807) is 12.1 Å². The maximum Gasteiger partial charge on any atom is 0.115 e. The minimum atomic E-state index is 0.282. The van der Waals surface area contributed by atoms with E-state index in [4.69, 9.17) is 0 Å². The third-order valence-electron chi connectivity index (χ3n) is 4.39. The van der Waals surface area contributed by atoms with Gasteiger partial charge in [-0.05, 0) is 45.5 Å². The molecule has 120 valence electrons. The van der Waals surface area contributed by atoms with E-state index in [-0.39, 0.29) is 5.75 Å². The molecule has 0 saturated heterocycles. The SMILES string of the molecule is Oc1ccc(-c2cccc(-c3ccccc3)c2-c2ccccc2)cc1. The predicted octanol–water partition coefficient (Wildman–Crippen LogP) is 6.39. The van der Waals surface area contributed by atoms with Crippen LogP contribution in [0.4, 0.5) is 0 Å². The first-order chi connectivity index (χ1) is 12.3. The van der Waals surface area contributed by atoms with Gasteiger partial charge in [0.2, 0.25) is 0 Å². The van der Waals surface area contributed by atoms with Crippen molar-refractivity contribution in [3.63, 3.8) is 0 Å².